The number of hydrogen-bond donors (Lipinski definition) is 0. The second-order valence-electron chi connectivity index (χ2n) is 3.66. The molecule has 90 valence electrons. The van der Waals surface area contributed by atoms with Gasteiger partial charge in [0.05, 0.1) is 11.6 Å². The van der Waals surface area contributed by atoms with Gasteiger partial charge in [0.1, 0.15) is 0 Å². The minimum absolute atomic E-state index is 0.143. The smallest absolute Gasteiger partial charge is 0.245 e. The van der Waals surface area contributed by atoms with Gasteiger partial charge >= 0.3 is 5.69 Å². The monoisotopic (exact) mass is 277 g/mol. The van der Waals surface area contributed by atoms with Crippen LogP contribution in [0.3, 0.4) is 0 Å². The highest BCUT2D eigenvalue weighted by Gasteiger charge is 2.10. The van der Waals surface area contributed by atoms with Crippen LogP contribution in [0.2, 0.25) is 0 Å². The highest BCUT2D eigenvalue weighted by molar-refractivity contribution is 7.15. The molecule has 0 aliphatic heterocycles. The molecule has 0 amide bonds. The average Bonchev–Trinajstić information content (AvgIpc) is 2.84. The summed E-state index contributed by atoms with van der Waals surface area (Å²) in [6.45, 7) is 0. The van der Waals surface area contributed by atoms with Gasteiger partial charge in [0, 0.05) is 5.38 Å². The maximum Gasteiger partial charge on any atom is 0.356 e. The van der Waals surface area contributed by atoms with E-state index in [1.54, 1.807) is 0 Å². The van der Waals surface area contributed by atoms with Crippen molar-refractivity contribution in [2.45, 2.75) is 5.88 Å². The van der Waals surface area contributed by atoms with Crippen LogP contribution in [0.1, 0.15) is 5.82 Å². The Bertz CT molecular complexity index is 751. The van der Waals surface area contributed by atoms with Crippen molar-refractivity contribution in [3.05, 3.63) is 52.0 Å². The van der Waals surface area contributed by atoms with Crippen LogP contribution < -0.4 is 5.69 Å². The molecular formula is C12H8ClN3OS. The zero-order valence-corrected chi connectivity index (χ0v) is 10.8. The van der Waals surface area contributed by atoms with Gasteiger partial charge < -0.3 is 0 Å². The van der Waals surface area contributed by atoms with Crippen LogP contribution in [-0.4, -0.2) is 14.4 Å². The van der Waals surface area contributed by atoms with E-state index >= 15 is 0 Å². The van der Waals surface area contributed by atoms with Crippen molar-refractivity contribution in [2.24, 2.45) is 0 Å². The number of thiazole rings is 1. The summed E-state index contributed by atoms with van der Waals surface area (Å²) in [5.41, 5.74) is 1.44. The van der Waals surface area contributed by atoms with E-state index in [1.807, 2.05) is 35.7 Å². The molecule has 6 heteroatoms. The summed E-state index contributed by atoms with van der Waals surface area (Å²) in [5.74, 6) is 0.507. The Morgan fingerprint density at radius 3 is 2.72 bits per heavy atom. The lowest BCUT2D eigenvalue weighted by Gasteiger charge is -2.00. The summed E-state index contributed by atoms with van der Waals surface area (Å²) in [7, 11) is 0. The Hall–Kier alpha value is -1.72. The SMILES string of the molecule is O=c1nc(CCl)nc2scc(-c3ccccc3)n12. The fraction of sp³-hybridized carbons (Fsp3) is 0.0833. The van der Waals surface area contributed by atoms with Crippen LogP contribution in [0.25, 0.3) is 16.2 Å². The molecule has 0 saturated heterocycles. The molecule has 0 spiro atoms. The summed E-state index contributed by atoms with van der Waals surface area (Å²) >= 11 is 7.06. The third kappa shape index (κ3) is 1.81. The lowest BCUT2D eigenvalue weighted by molar-refractivity contribution is 0.910. The van der Waals surface area contributed by atoms with Gasteiger partial charge in [-0.2, -0.15) is 4.98 Å². The number of fused-ring (bicyclic) bond motifs is 1. The van der Waals surface area contributed by atoms with Gasteiger partial charge in [-0.25, -0.2) is 14.2 Å². The third-order valence-corrected chi connectivity index (χ3v) is 3.60. The average molecular weight is 278 g/mol. The van der Waals surface area contributed by atoms with Gasteiger partial charge in [-0.1, -0.05) is 30.3 Å². The molecule has 2 aromatic heterocycles. The zero-order chi connectivity index (χ0) is 12.5. The van der Waals surface area contributed by atoms with Gasteiger partial charge in [0.15, 0.2) is 10.8 Å². The molecular weight excluding hydrogens is 270 g/mol. The molecule has 1 aromatic carbocycles. The molecule has 3 rings (SSSR count). The van der Waals surface area contributed by atoms with Crippen molar-refractivity contribution in [3.63, 3.8) is 0 Å². The van der Waals surface area contributed by atoms with E-state index < -0.39 is 0 Å². The molecule has 0 saturated carbocycles. The topological polar surface area (TPSA) is 47.3 Å². The standard InChI is InChI=1S/C12H8ClN3OS/c13-6-10-14-11(17)16-9(7-18-12(16)15-10)8-4-2-1-3-5-8/h1-5,7H,6H2. The maximum absolute atomic E-state index is 12.0. The zero-order valence-electron chi connectivity index (χ0n) is 9.21. The van der Waals surface area contributed by atoms with Crippen molar-refractivity contribution in [3.8, 4) is 11.3 Å². The number of rotatable bonds is 2. The van der Waals surface area contributed by atoms with E-state index in [2.05, 4.69) is 9.97 Å². The van der Waals surface area contributed by atoms with Crippen LogP contribution >= 0.6 is 22.9 Å². The van der Waals surface area contributed by atoms with Gasteiger partial charge in [0.25, 0.3) is 0 Å². The number of aromatic nitrogens is 3. The minimum Gasteiger partial charge on any atom is -0.245 e. The van der Waals surface area contributed by atoms with Gasteiger partial charge in [-0.05, 0) is 5.56 Å². The van der Waals surface area contributed by atoms with Crippen LogP contribution in [0.4, 0.5) is 0 Å². The Kier molecular flexibility index (Phi) is 2.85. The summed E-state index contributed by atoms with van der Waals surface area (Å²) in [5, 5.41) is 1.90. The fourth-order valence-corrected chi connectivity index (χ4v) is 2.76. The number of hydrogen-bond acceptors (Lipinski definition) is 4. The Morgan fingerprint density at radius 1 is 1.22 bits per heavy atom. The molecule has 0 atom stereocenters. The summed E-state index contributed by atoms with van der Waals surface area (Å²) in [6, 6.07) is 9.69. The van der Waals surface area contributed by atoms with Crippen molar-refractivity contribution in [1.82, 2.24) is 14.4 Å². The van der Waals surface area contributed by atoms with E-state index in [-0.39, 0.29) is 11.6 Å². The largest absolute Gasteiger partial charge is 0.356 e. The molecule has 0 radical (unpaired) electrons. The van der Waals surface area contributed by atoms with E-state index in [9.17, 15) is 4.79 Å². The quantitative estimate of drug-likeness (QED) is 0.677. The molecule has 4 nitrogen and oxygen atoms in total. The van der Waals surface area contributed by atoms with Crippen LogP contribution in [0.15, 0.2) is 40.5 Å². The lowest BCUT2D eigenvalue weighted by atomic mass is 10.2. The predicted molar refractivity (Wildman–Crippen MR) is 72.1 cm³/mol. The first kappa shape index (κ1) is 11.4. The van der Waals surface area contributed by atoms with Crippen LogP contribution in [0, 0.1) is 0 Å². The number of halogens is 1. The normalized spacial score (nSPS) is 10.9. The highest BCUT2D eigenvalue weighted by atomic mass is 35.5. The summed E-state index contributed by atoms with van der Waals surface area (Å²) < 4.78 is 1.51. The van der Waals surface area contributed by atoms with E-state index in [1.165, 1.54) is 15.7 Å². The number of benzene rings is 1. The van der Waals surface area contributed by atoms with Gasteiger partial charge in [-0.15, -0.1) is 22.9 Å². The molecule has 0 bridgehead atoms. The van der Waals surface area contributed by atoms with Crippen molar-refractivity contribution >= 4 is 27.9 Å². The first-order chi connectivity index (χ1) is 8.79. The van der Waals surface area contributed by atoms with Crippen LogP contribution in [0.5, 0.6) is 0 Å². The van der Waals surface area contributed by atoms with E-state index in [4.69, 9.17) is 11.6 Å². The fourth-order valence-electron chi connectivity index (χ4n) is 1.74. The third-order valence-electron chi connectivity index (χ3n) is 2.54. The molecule has 0 aliphatic rings. The summed E-state index contributed by atoms with van der Waals surface area (Å²) in [4.78, 5) is 20.7. The van der Waals surface area contributed by atoms with Crippen molar-refractivity contribution in [1.29, 1.82) is 0 Å². The summed E-state index contributed by atoms with van der Waals surface area (Å²) in [6.07, 6.45) is 0. The Morgan fingerprint density at radius 2 is 2.00 bits per heavy atom. The molecule has 3 aromatic rings. The van der Waals surface area contributed by atoms with Crippen LogP contribution in [-0.2, 0) is 5.88 Å². The Balaban J connectivity index is 2.30. The van der Waals surface area contributed by atoms with Gasteiger partial charge in [-0.3, -0.25) is 0 Å². The van der Waals surface area contributed by atoms with E-state index in [0.29, 0.717) is 10.8 Å². The molecule has 0 unspecified atom stereocenters. The Labute approximate surface area is 112 Å². The van der Waals surface area contributed by atoms with E-state index in [0.717, 1.165) is 11.3 Å². The minimum atomic E-state index is -0.337. The van der Waals surface area contributed by atoms with Crippen molar-refractivity contribution in [2.75, 3.05) is 0 Å². The molecule has 0 N–H and O–H groups in total. The van der Waals surface area contributed by atoms with Crippen molar-refractivity contribution < 1.29 is 0 Å². The first-order valence-corrected chi connectivity index (χ1v) is 6.69. The second kappa shape index (κ2) is 4.51. The lowest BCUT2D eigenvalue weighted by Crippen LogP contribution is -2.19. The second-order valence-corrected chi connectivity index (χ2v) is 4.76. The highest BCUT2D eigenvalue weighted by Crippen LogP contribution is 2.23. The predicted octanol–water partition coefficient (Wildman–Crippen LogP) is 2.56. The maximum atomic E-state index is 12.0. The molecule has 0 aliphatic carbocycles. The first-order valence-electron chi connectivity index (χ1n) is 5.28. The number of alkyl halides is 1. The van der Waals surface area contributed by atoms with Gasteiger partial charge in [0.2, 0.25) is 0 Å². The number of nitrogens with zero attached hydrogens (tertiary/aromatic N) is 3. The molecule has 18 heavy (non-hydrogen) atoms. The molecule has 2 heterocycles. The molecule has 0 fully saturated rings.